The fourth-order valence-electron chi connectivity index (χ4n) is 3.10. The highest BCUT2D eigenvalue weighted by Crippen LogP contribution is 2.35. The highest BCUT2D eigenvalue weighted by Gasteiger charge is 2.36. The first-order valence-corrected chi connectivity index (χ1v) is 8.45. The van der Waals surface area contributed by atoms with Crippen molar-refractivity contribution in [2.45, 2.75) is 25.9 Å². The van der Waals surface area contributed by atoms with Crippen LogP contribution in [0.4, 0.5) is 0 Å². The van der Waals surface area contributed by atoms with E-state index in [2.05, 4.69) is 15.0 Å². The third-order valence-corrected chi connectivity index (χ3v) is 4.63. The van der Waals surface area contributed by atoms with Crippen molar-refractivity contribution in [2.75, 3.05) is 0 Å². The average Bonchev–Trinajstić information content (AvgIpc) is 3.17. The number of H-pyrrole nitrogens is 1. The topological polar surface area (TPSA) is 105 Å². The normalized spacial score (nSPS) is 13.5. The van der Waals surface area contributed by atoms with Crippen LogP contribution >= 0.6 is 0 Å². The summed E-state index contributed by atoms with van der Waals surface area (Å²) >= 11 is 0. The van der Waals surface area contributed by atoms with Crippen molar-refractivity contribution >= 4 is 5.91 Å². The van der Waals surface area contributed by atoms with E-state index in [1.54, 1.807) is 24.8 Å². The summed E-state index contributed by atoms with van der Waals surface area (Å²) in [7, 11) is 0. The highest BCUT2D eigenvalue weighted by atomic mass is 16.3. The molecule has 0 saturated carbocycles. The Hall–Kier alpha value is -2.99. The molecule has 2 heterocycles. The van der Waals surface area contributed by atoms with E-state index in [0.717, 1.165) is 16.7 Å². The van der Waals surface area contributed by atoms with Crippen LogP contribution in [0.5, 0.6) is 0 Å². The standard InChI is InChI=1S/C20H22N4O2/c1-13(2)20(26,18-11-23-12-24-18)17-5-3-14(4-6-17)7-15-8-16(19(21)25)10-22-9-15/h3-6,8-13,26H,7H2,1-2H3,(H2,21,25)(H,23,24). The number of aromatic nitrogens is 3. The van der Waals surface area contributed by atoms with Gasteiger partial charge in [0, 0.05) is 12.4 Å². The number of hydrogen-bond donors (Lipinski definition) is 3. The lowest BCUT2D eigenvalue weighted by molar-refractivity contribution is 0.0279. The number of nitrogens with one attached hydrogen (secondary N) is 1. The van der Waals surface area contributed by atoms with Crippen LogP contribution in [0.3, 0.4) is 0 Å². The fraction of sp³-hybridized carbons (Fsp3) is 0.250. The van der Waals surface area contributed by atoms with E-state index in [-0.39, 0.29) is 5.92 Å². The van der Waals surface area contributed by atoms with Gasteiger partial charge in [-0.15, -0.1) is 0 Å². The Morgan fingerprint density at radius 3 is 2.46 bits per heavy atom. The molecular formula is C20H22N4O2. The zero-order valence-corrected chi connectivity index (χ0v) is 14.8. The van der Waals surface area contributed by atoms with Crippen LogP contribution in [0.2, 0.25) is 0 Å². The second kappa shape index (κ2) is 7.09. The predicted molar refractivity (Wildman–Crippen MR) is 98.4 cm³/mol. The number of hydrogen-bond acceptors (Lipinski definition) is 4. The summed E-state index contributed by atoms with van der Waals surface area (Å²) in [5.41, 5.74) is 7.98. The summed E-state index contributed by atoms with van der Waals surface area (Å²) in [5.74, 6) is -0.526. The molecule has 134 valence electrons. The Balaban J connectivity index is 1.86. The first-order chi connectivity index (χ1) is 12.4. The molecule has 3 aromatic rings. The molecule has 0 bridgehead atoms. The average molecular weight is 350 g/mol. The molecule has 0 aliphatic rings. The van der Waals surface area contributed by atoms with Gasteiger partial charge in [0.1, 0.15) is 5.60 Å². The van der Waals surface area contributed by atoms with Gasteiger partial charge in [0.05, 0.1) is 23.8 Å². The quantitative estimate of drug-likeness (QED) is 0.635. The summed E-state index contributed by atoms with van der Waals surface area (Å²) in [5, 5.41) is 11.3. The number of aliphatic hydroxyl groups is 1. The van der Waals surface area contributed by atoms with Gasteiger partial charge in [-0.1, -0.05) is 38.1 Å². The van der Waals surface area contributed by atoms with E-state index in [1.165, 1.54) is 6.20 Å². The summed E-state index contributed by atoms with van der Waals surface area (Å²) in [6.07, 6.45) is 7.01. The predicted octanol–water partition coefficient (Wildman–Crippen LogP) is 2.39. The third kappa shape index (κ3) is 3.36. The zero-order chi connectivity index (χ0) is 18.7. The molecule has 6 nitrogen and oxygen atoms in total. The monoisotopic (exact) mass is 350 g/mol. The number of rotatable bonds is 6. The minimum absolute atomic E-state index is 0.0368. The maximum atomic E-state index is 11.3. The van der Waals surface area contributed by atoms with Crippen LogP contribution in [0.15, 0.2) is 55.2 Å². The molecule has 1 atom stereocenters. The minimum Gasteiger partial charge on any atom is -0.379 e. The first-order valence-electron chi connectivity index (χ1n) is 8.45. The van der Waals surface area contributed by atoms with Crippen LogP contribution in [0, 0.1) is 5.92 Å². The molecular weight excluding hydrogens is 328 g/mol. The van der Waals surface area contributed by atoms with E-state index >= 15 is 0 Å². The molecule has 1 unspecified atom stereocenters. The number of nitrogens with two attached hydrogens (primary N) is 1. The van der Waals surface area contributed by atoms with Crippen LogP contribution in [0.1, 0.15) is 46.6 Å². The van der Waals surface area contributed by atoms with E-state index in [4.69, 9.17) is 5.73 Å². The summed E-state index contributed by atoms with van der Waals surface area (Å²) in [6, 6.07) is 9.52. The van der Waals surface area contributed by atoms with Crippen LogP contribution < -0.4 is 5.73 Å². The van der Waals surface area contributed by atoms with E-state index in [0.29, 0.717) is 17.7 Å². The number of carbonyl (C=O) groups is 1. The molecule has 0 saturated heterocycles. The number of carbonyl (C=O) groups excluding carboxylic acids is 1. The Kier molecular flexibility index (Phi) is 4.86. The van der Waals surface area contributed by atoms with E-state index < -0.39 is 11.5 Å². The zero-order valence-electron chi connectivity index (χ0n) is 14.8. The van der Waals surface area contributed by atoms with Crippen molar-refractivity contribution < 1.29 is 9.90 Å². The smallest absolute Gasteiger partial charge is 0.250 e. The van der Waals surface area contributed by atoms with Crippen molar-refractivity contribution in [3.63, 3.8) is 0 Å². The molecule has 26 heavy (non-hydrogen) atoms. The van der Waals surface area contributed by atoms with Crippen molar-refractivity contribution in [1.82, 2.24) is 15.0 Å². The second-order valence-corrected chi connectivity index (χ2v) is 6.71. The van der Waals surface area contributed by atoms with Gasteiger partial charge in [-0.05, 0) is 35.1 Å². The maximum Gasteiger partial charge on any atom is 0.250 e. The fourth-order valence-corrected chi connectivity index (χ4v) is 3.10. The molecule has 0 fully saturated rings. The van der Waals surface area contributed by atoms with Crippen molar-refractivity contribution in [2.24, 2.45) is 11.7 Å². The second-order valence-electron chi connectivity index (χ2n) is 6.71. The van der Waals surface area contributed by atoms with Gasteiger partial charge in [0.15, 0.2) is 0 Å². The van der Waals surface area contributed by atoms with Crippen molar-refractivity contribution in [3.05, 3.63) is 83.2 Å². The summed E-state index contributed by atoms with van der Waals surface area (Å²) < 4.78 is 0. The number of amides is 1. The highest BCUT2D eigenvalue weighted by molar-refractivity contribution is 5.92. The lowest BCUT2D eigenvalue weighted by Crippen LogP contribution is -2.33. The molecule has 0 aliphatic heterocycles. The van der Waals surface area contributed by atoms with Gasteiger partial charge in [0.25, 0.3) is 0 Å². The van der Waals surface area contributed by atoms with Crippen LogP contribution in [0.25, 0.3) is 0 Å². The Morgan fingerprint density at radius 2 is 1.88 bits per heavy atom. The maximum absolute atomic E-state index is 11.3. The third-order valence-electron chi connectivity index (χ3n) is 4.63. The molecule has 0 aliphatic carbocycles. The van der Waals surface area contributed by atoms with Gasteiger partial charge in [-0.2, -0.15) is 0 Å². The SMILES string of the molecule is CC(C)C(O)(c1ccc(Cc2cncc(C(N)=O)c2)cc1)c1cnc[nH]1. The summed E-state index contributed by atoms with van der Waals surface area (Å²) in [6.45, 7) is 3.94. The molecule has 3 rings (SSSR count). The Labute approximate surface area is 152 Å². The van der Waals surface area contributed by atoms with Gasteiger partial charge >= 0.3 is 0 Å². The van der Waals surface area contributed by atoms with Gasteiger partial charge in [-0.3, -0.25) is 9.78 Å². The van der Waals surface area contributed by atoms with Gasteiger partial charge in [-0.25, -0.2) is 4.98 Å². The lowest BCUT2D eigenvalue weighted by atomic mass is 9.80. The van der Waals surface area contributed by atoms with E-state index in [1.807, 2.05) is 38.1 Å². The number of benzene rings is 1. The first kappa shape index (κ1) is 17.8. The van der Waals surface area contributed by atoms with Gasteiger partial charge in [0.2, 0.25) is 5.91 Å². The minimum atomic E-state index is -1.14. The van der Waals surface area contributed by atoms with Crippen LogP contribution in [-0.4, -0.2) is 26.0 Å². The van der Waals surface area contributed by atoms with E-state index in [9.17, 15) is 9.90 Å². The number of aromatic amines is 1. The summed E-state index contributed by atoms with van der Waals surface area (Å²) in [4.78, 5) is 22.4. The van der Waals surface area contributed by atoms with Crippen molar-refractivity contribution in [1.29, 1.82) is 0 Å². The number of imidazole rings is 1. The number of pyridine rings is 1. The molecule has 1 aromatic carbocycles. The van der Waals surface area contributed by atoms with Crippen molar-refractivity contribution in [3.8, 4) is 0 Å². The molecule has 0 spiro atoms. The molecule has 2 aromatic heterocycles. The molecule has 0 radical (unpaired) electrons. The molecule has 6 heteroatoms. The largest absolute Gasteiger partial charge is 0.379 e. The Bertz CT molecular complexity index is 888. The lowest BCUT2D eigenvalue weighted by Gasteiger charge is -2.31. The van der Waals surface area contributed by atoms with Crippen LogP contribution in [-0.2, 0) is 12.0 Å². The molecule has 1 amide bonds. The number of primary amides is 1. The number of nitrogens with zero attached hydrogens (tertiary/aromatic N) is 2. The van der Waals surface area contributed by atoms with Gasteiger partial charge < -0.3 is 15.8 Å². The Morgan fingerprint density at radius 1 is 1.15 bits per heavy atom. The molecule has 4 N–H and O–H groups in total.